The van der Waals surface area contributed by atoms with Crippen LogP contribution < -0.4 is 0 Å². The molecular formula is C11H18O3. The molecular weight excluding hydrogens is 180 g/mol. The van der Waals surface area contributed by atoms with E-state index >= 15 is 0 Å². The van der Waals surface area contributed by atoms with Crippen LogP contribution in [0.4, 0.5) is 0 Å². The van der Waals surface area contributed by atoms with Crippen molar-refractivity contribution < 1.29 is 14.3 Å². The Kier molecular flexibility index (Phi) is 9.35. The Balaban J connectivity index is 3.33. The third-order valence-electron chi connectivity index (χ3n) is 1.43. The van der Waals surface area contributed by atoms with E-state index in [0.29, 0.717) is 19.8 Å². The summed E-state index contributed by atoms with van der Waals surface area (Å²) in [6, 6.07) is 0. The van der Waals surface area contributed by atoms with Crippen molar-refractivity contribution in [1.82, 2.24) is 0 Å². The third-order valence-corrected chi connectivity index (χ3v) is 1.43. The highest BCUT2D eigenvalue weighted by molar-refractivity contribution is 5.72. The largest absolute Gasteiger partial charge is 0.463 e. The SMILES string of the molecule is CCCC#CCC(=O)OCCOCC. The molecule has 0 radical (unpaired) electrons. The first-order valence-electron chi connectivity index (χ1n) is 5.00. The summed E-state index contributed by atoms with van der Waals surface area (Å²) in [4.78, 5) is 11.0. The van der Waals surface area contributed by atoms with Gasteiger partial charge in [0.05, 0.1) is 6.61 Å². The molecule has 3 heteroatoms. The minimum atomic E-state index is -0.270. The zero-order chi connectivity index (χ0) is 10.6. The second-order valence-corrected chi connectivity index (χ2v) is 2.70. The maximum absolute atomic E-state index is 11.0. The van der Waals surface area contributed by atoms with Crippen LogP contribution in [0.1, 0.15) is 33.1 Å². The number of esters is 1. The molecule has 0 N–H and O–H groups in total. The Morgan fingerprint density at radius 3 is 2.64 bits per heavy atom. The molecule has 0 aliphatic heterocycles. The summed E-state index contributed by atoms with van der Waals surface area (Å²) in [5.41, 5.74) is 0. The van der Waals surface area contributed by atoms with Gasteiger partial charge in [0.15, 0.2) is 0 Å². The standard InChI is InChI=1S/C11H18O3/c1-3-5-6-7-8-11(12)14-10-9-13-4-2/h3-5,8-10H2,1-2H3. The molecule has 0 fully saturated rings. The van der Waals surface area contributed by atoms with Crippen molar-refractivity contribution in [2.45, 2.75) is 33.1 Å². The van der Waals surface area contributed by atoms with Crippen molar-refractivity contribution in [3.63, 3.8) is 0 Å². The van der Waals surface area contributed by atoms with Gasteiger partial charge < -0.3 is 9.47 Å². The lowest BCUT2D eigenvalue weighted by atomic mass is 10.3. The summed E-state index contributed by atoms with van der Waals surface area (Å²) in [5, 5.41) is 0. The lowest BCUT2D eigenvalue weighted by Gasteiger charge is -2.01. The van der Waals surface area contributed by atoms with E-state index in [9.17, 15) is 4.79 Å². The van der Waals surface area contributed by atoms with Gasteiger partial charge in [0.2, 0.25) is 0 Å². The molecule has 0 saturated heterocycles. The van der Waals surface area contributed by atoms with E-state index < -0.39 is 0 Å². The normalized spacial score (nSPS) is 9.00. The first-order chi connectivity index (χ1) is 6.81. The fourth-order valence-corrected chi connectivity index (χ4v) is 0.758. The predicted molar refractivity (Wildman–Crippen MR) is 54.8 cm³/mol. The molecule has 14 heavy (non-hydrogen) atoms. The molecule has 0 spiro atoms. The van der Waals surface area contributed by atoms with Crippen molar-refractivity contribution in [2.24, 2.45) is 0 Å². The minimum absolute atomic E-state index is 0.187. The highest BCUT2D eigenvalue weighted by atomic mass is 16.6. The molecule has 0 unspecified atom stereocenters. The molecule has 0 rings (SSSR count). The first-order valence-corrected chi connectivity index (χ1v) is 5.00. The zero-order valence-corrected chi connectivity index (χ0v) is 8.97. The fourth-order valence-electron chi connectivity index (χ4n) is 0.758. The average Bonchev–Trinajstić information content (AvgIpc) is 2.19. The lowest BCUT2D eigenvalue weighted by molar-refractivity contribution is -0.143. The Bertz CT molecular complexity index is 200. The van der Waals surface area contributed by atoms with Crippen molar-refractivity contribution >= 4 is 5.97 Å². The number of ether oxygens (including phenoxy) is 2. The summed E-state index contributed by atoms with van der Waals surface area (Å²) in [6.07, 6.45) is 2.05. The second kappa shape index (κ2) is 10.1. The highest BCUT2D eigenvalue weighted by Crippen LogP contribution is 1.87. The molecule has 80 valence electrons. The topological polar surface area (TPSA) is 35.5 Å². The summed E-state index contributed by atoms with van der Waals surface area (Å²) < 4.78 is 9.87. The van der Waals surface area contributed by atoms with Gasteiger partial charge in [0.25, 0.3) is 0 Å². The second-order valence-electron chi connectivity index (χ2n) is 2.70. The first kappa shape index (κ1) is 13.0. The Morgan fingerprint density at radius 1 is 1.21 bits per heavy atom. The molecule has 0 heterocycles. The summed E-state index contributed by atoms with van der Waals surface area (Å²) in [5.74, 6) is 5.38. The number of unbranched alkanes of at least 4 members (excludes halogenated alkanes) is 1. The molecule has 0 amide bonds. The lowest BCUT2D eigenvalue weighted by Crippen LogP contribution is -2.09. The third kappa shape index (κ3) is 9.08. The molecule has 0 atom stereocenters. The van der Waals surface area contributed by atoms with Crippen molar-refractivity contribution in [3.8, 4) is 11.8 Å². The van der Waals surface area contributed by atoms with Gasteiger partial charge >= 0.3 is 5.97 Å². The van der Waals surface area contributed by atoms with Crippen molar-refractivity contribution in [3.05, 3.63) is 0 Å². The molecule has 0 aromatic rings. The van der Waals surface area contributed by atoms with Gasteiger partial charge in [-0.2, -0.15) is 0 Å². The zero-order valence-electron chi connectivity index (χ0n) is 8.97. The van der Waals surface area contributed by atoms with Crippen LogP contribution in [0, 0.1) is 11.8 Å². The van der Waals surface area contributed by atoms with E-state index in [1.807, 2.05) is 6.92 Å². The number of carbonyl (C=O) groups excluding carboxylic acids is 1. The van der Waals surface area contributed by atoms with E-state index in [0.717, 1.165) is 12.8 Å². The van der Waals surface area contributed by atoms with E-state index in [1.165, 1.54) is 0 Å². The molecule has 0 saturated carbocycles. The van der Waals surface area contributed by atoms with Crippen LogP contribution in [-0.4, -0.2) is 25.8 Å². The monoisotopic (exact) mass is 198 g/mol. The van der Waals surface area contributed by atoms with Crippen LogP contribution in [-0.2, 0) is 14.3 Å². The Labute approximate surface area is 85.8 Å². The molecule has 3 nitrogen and oxygen atoms in total. The summed E-state index contributed by atoms with van der Waals surface area (Å²) in [6.45, 7) is 5.38. The van der Waals surface area contributed by atoms with Gasteiger partial charge in [0, 0.05) is 13.0 Å². The van der Waals surface area contributed by atoms with Gasteiger partial charge in [-0.1, -0.05) is 12.8 Å². The molecule has 0 aliphatic carbocycles. The van der Waals surface area contributed by atoms with Crippen LogP contribution in [0.3, 0.4) is 0 Å². The quantitative estimate of drug-likeness (QED) is 0.370. The van der Waals surface area contributed by atoms with Gasteiger partial charge in [0.1, 0.15) is 13.0 Å². The number of rotatable bonds is 6. The summed E-state index contributed by atoms with van der Waals surface area (Å²) >= 11 is 0. The van der Waals surface area contributed by atoms with Gasteiger partial charge in [-0.05, 0) is 13.3 Å². The molecule has 0 bridgehead atoms. The number of carbonyl (C=O) groups is 1. The minimum Gasteiger partial charge on any atom is -0.463 e. The van der Waals surface area contributed by atoms with E-state index in [1.54, 1.807) is 0 Å². The van der Waals surface area contributed by atoms with Gasteiger partial charge in [-0.25, -0.2) is 0 Å². The van der Waals surface area contributed by atoms with Gasteiger partial charge in [-0.15, -0.1) is 5.92 Å². The maximum atomic E-state index is 11.0. The molecule has 0 aliphatic rings. The maximum Gasteiger partial charge on any atom is 0.318 e. The summed E-state index contributed by atoms with van der Waals surface area (Å²) in [7, 11) is 0. The smallest absolute Gasteiger partial charge is 0.318 e. The van der Waals surface area contributed by atoms with Gasteiger partial charge in [-0.3, -0.25) is 4.79 Å². The fraction of sp³-hybridized carbons (Fsp3) is 0.727. The van der Waals surface area contributed by atoms with E-state index in [4.69, 9.17) is 9.47 Å². The molecule has 0 aromatic heterocycles. The van der Waals surface area contributed by atoms with E-state index in [2.05, 4.69) is 18.8 Å². The van der Waals surface area contributed by atoms with Crippen LogP contribution in [0.25, 0.3) is 0 Å². The predicted octanol–water partition coefficient (Wildman–Crippen LogP) is 1.76. The van der Waals surface area contributed by atoms with Crippen molar-refractivity contribution in [1.29, 1.82) is 0 Å². The molecule has 0 aromatic carbocycles. The van der Waals surface area contributed by atoms with Crippen LogP contribution in [0.5, 0.6) is 0 Å². The average molecular weight is 198 g/mol. The Morgan fingerprint density at radius 2 is 2.00 bits per heavy atom. The van der Waals surface area contributed by atoms with Crippen LogP contribution >= 0.6 is 0 Å². The Hall–Kier alpha value is -1.01. The highest BCUT2D eigenvalue weighted by Gasteiger charge is 1.98. The van der Waals surface area contributed by atoms with Crippen LogP contribution in [0.2, 0.25) is 0 Å². The van der Waals surface area contributed by atoms with Crippen LogP contribution in [0.15, 0.2) is 0 Å². The van der Waals surface area contributed by atoms with E-state index in [-0.39, 0.29) is 12.4 Å². The number of hydrogen-bond donors (Lipinski definition) is 0. The number of hydrogen-bond acceptors (Lipinski definition) is 3. The van der Waals surface area contributed by atoms with Crippen molar-refractivity contribution in [2.75, 3.05) is 19.8 Å².